The van der Waals surface area contributed by atoms with Gasteiger partial charge in [-0.2, -0.15) is 27.2 Å². The molecule has 0 spiro atoms. The van der Waals surface area contributed by atoms with Crippen LogP contribution >= 0.6 is 0 Å². The molecule has 6 nitrogen and oxygen atoms in total. The second kappa shape index (κ2) is 10.5. The van der Waals surface area contributed by atoms with Crippen molar-refractivity contribution in [1.29, 1.82) is 5.26 Å². The summed E-state index contributed by atoms with van der Waals surface area (Å²) in [6, 6.07) is 6.60. The number of hydrogen-bond donors (Lipinski definition) is 2. The summed E-state index contributed by atoms with van der Waals surface area (Å²) in [7, 11) is 0. The number of nitrogens with zero attached hydrogens (tertiary/aromatic N) is 2. The van der Waals surface area contributed by atoms with Gasteiger partial charge in [0.05, 0.1) is 17.8 Å². The number of nitriles is 1. The highest BCUT2D eigenvalue weighted by molar-refractivity contribution is 5.94. The number of carbonyl (C=O) groups is 2. The van der Waals surface area contributed by atoms with E-state index in [1.807, 2.05) is 6.07 Å². The molecule has 2 aromatic rings. The van der Waals surface area contributed by atoms with E-state index in [0.717, 1.165) is 12.3 Å². The zero-order chi connectivity index (χ0) is 27.6. The van der Waals surface area contributed by atoms with Gasteiger partial charge in [-0.25, -0.2) is 0 Å². The lowest BCUT2D eigenvalue weighted by Gasteiger charge is -2.33. The zero-order valence-electron chi connectivity index (χ0n) is 20.5. The Morgan fingerprint density at radius 2 is 1.70 bits per heavy atom. The van der Waals surface area contributed by atoms with Crippen LogP contribution in [0.25, 0.3) is 11.3 Å². The second-order valence-electron chi connectivity index (χ2n) is 9.70. The third kappa shape index (κ3) is 6.49. The Balaban J connectivity index is 1.94. The largest absolute Gasteiger partial charge is 0.455 e. The summed E-state index contributed by atoms with van der Waals surface area (Å²) >= 11 is 0. The first-order valence-corrected chi connectivity index (χ1v) is 11.7. The maximum absolute atomic E-state index is 14.8. The van der Waals surface area contributed by atoms with E-state index >= 15 is 0 Å². The van der Waals surface area contributed by atoms with Crippen molar-refractivity contribution in [3.8, 4) is 17.3 Å². The van der Waals surface area contributed by atoms with E-state index in [1.54, 1.807) is 38.1 Å². The molecule has 1 aromatic carbocycles. The van der Waals surface area contributed by atoms with Crippen LogP contribution < -0.4 is 10.6 Å². The van der Waals surface area contributed by atoms with Crippen LogP contribution in [0, 0.1) is 17.2 Å². The van der Waals surface area contributed by atoms with Crippen LogP contribution in [-0.2, 0) is 4.79 Å². The molecule has 0 unspecified atom stereocenters. The van der Waals surface area contributed by atoms with E-state index in [1.165, 1.54) is 13.0 Å². The van der Waals surface area contributed by atoms with E-state index in [4.69, 9.17) is 0 Å². The molecule has 2 atom stereocenters. The number of benzene rings is 1. The number of alkyl halides is 5. The topological polar surface area (TPSA) is 94.9 Å². The highest BCUT2D eigenvalue weighted by atomic mass is 19.4. The second-order valence-corrected chi connectivity index (χ2v) is 9.70. The van der Waals surface area contributed by atoms with Crippen LogP contribution in [0.3, 0.4) is 0 Å². The summed E-state index contributed by atoms with van der Waals surface area (Å²) in [4.78, 5) is 28.4. The van der Waals surface area contributed by atoms with Crippen LogP contribution in [0.1, 0.15) is 62.0 Å². The quantitative estimate of drug-likeness (QED) is 0.323. The molecule has 1 heterocycles. The van der Waals surface area contributed by atoms with Crippen molar-refractivity contribution < 1.29 is 31.5 Å². The van der Waals surface area contributed by atoms with Gasteiger partial charge in [0, 0.05) is 17.3 Å². The standard InChI is InChI=1S/C26H27F5N4O2/c1-15(2)12-21(23(37)35-24(14-32)10-11-24)34-22(25(27,28)26(29,30)31)19-8-9-20(33-13-19)18-6-4-17(5-7-18)16(3)36/h4-9,13,15,21-22,34H,10-12H2,1-3H3,(H,35,37)/t21-,22-/m0/s1. The number of ketones is 1. The number of pyridine rings is 1. The third-order valence-corrected chi connectivity index (χ3v) is 6.17. The molecule has 1 amide bonds. The third-order valence-electron chi connectivity index (χ3n) is 6.17. The Morgan fingerprint density at radius 3 is 2.14 bits per heavy atom. The number of nitrogens with one attached hydrogen (secondary N) is 2. The van der Waals surface area contributed by atoms with E-state index in [9.17, 15) is 36.8 Å². The fraction of sp³-hybridized carbons (Fsp3) is 0.462. The molecule has 11 heteroatoms. The molecule has 1 fully saturated rings. The molecule has 0 aliphatic heterocycles. The summed E-state index contributed by atoms with van der Waals surface area (Å²) in [5.41, 5.74) is -0.291. The molecule has 198 valence electrons. The number of aromatic nitrogens is 1. The minimum absolute atomic E-state index is 0.0359. The molecule has 1 aromatic heterocycles. The van der Waals surface area contributed by atoms with Crippen molar-refractivity contribution in [2.24, 2.45) is 5.92 Å². The van der Waals surface area contributed by atoms with Crippen LogP contribution in [0.15, 0.2) is 42.6 Å². The Kier molecular flexibility index (Phi) is 8.03. The molecular weight excluding hydrogens is 495 g/mol. The molecule has 0 bridgehead atoms. The SMILES string of the molecule is CC(=O)c1ccc(-c2ccc([C@H](N[C@@H](CC(C)C)C(=O)NC3(C#N)CC3)C(F)(F)C(F)(F)F)cn2)cc1. The van der Waals surface area contributed by atoms with Gasteiger partial charge in [-0.15, -0.1) is 0 Å². The maximum Gasteiger partial charge on any atom is 0.455 e. The fourth-order valence-electron chi connectivity index (χ4n) is 3.83. The number of hydrogen-bond acceptors (Lipinski definition) is 5. The van der Waals surface area contributed by atoms with Gasteiger partial charge < -0.3 is 5.32 Å². The number of amides is 1. The summed E-state index contributed by atoms with van der Waals surface area (Å²) in [6.45, 7) is 4.79. The number of rotatable bonds is 10. The monoisotopic (exact) mass is 522 g/mol. The summed E-state index contributed by atoms with van der Waals surface area (Å²) in [5, 5.41) is 14.0. The minimum atomic E-state index is -5.91. The average Bonchev–Trinajstić information content (AvgIpc) is 3.60. The summed E-state index contributed by atoms with van der Waals surface area (Å²) in [6.07, 6.45) is -4.27. The van der Waals surface area contributed by atoms with Crippen LogP contribution in [0.2, 0.25) is 0 Å². The Labute approximate surface area is 211 Å². The number of Topliss-reactive ketones (excluding diaryl/α,β-unsaturated/α-hetero) is 1. The average molecular weight is 523 g/mol. The Hall–Kier alpha value is -3.39. The van der Waals surface area contributed by atoms with E-state index in [2.05, 4.69) is 15.6 Å². The van der Waals surface area contributed by atoms with Crippen molar-refractivity contribution in [3.63, 3.8) is 0 Å². The molecule has 0 saturated heterocycles. The molecule has 37 heavy (non-hydrogen) atoms. The molecule has 1 aliphatic carbocycles. The Bertz CT molecular complexity index is 1170. The summed E-state index contributed by atoms with van der Waals surface area (Å²) < 4.78 is 70.0. The van der Waals surface area contributed by atoms with E-state index < -0.39 is 41.2 Å². The van der Waals surface area contributed by atoms with Crippen molar-refractivity contribution in [1.82, 2.24) is 15.6 Å². The van der Waals surface area contributed by atoms with Crippen molar-refractivity contribution in [3.05, 3.63) is 53.7 Å². The zero-order valence-corrected chi connectivity index (χ0v) is 20.5. The lowest BCUT2D eigenvalue weighted by Crippen LogP contribution is -2.55. The number of carbonyl (C=O) groups excluding carboxylic acids is 2. The first kappa shape index (κ1) is 28.2. The molecule has 1 saturated carbocycles. The van der Waals surface area contributed by atoms with Crippen LogP contribution in [0.5, 0.6) is 0 Å². The van der Waals surface area contributed by atoms with Gasteiger partial charge in [0.1, 0.15) is 11.6 Å². The normalized spacial score (nSPS) is 16.5. The van der Waals surface area contributed by atoms with E-state index in [0.29, 0.717) is 29.7 Å². The molecule has 2 N–H and O–H groups in total. The maximum atomic E-state index is 14.8. The van der Waals surface area contributed by atoms with Gasteiger partial charge in [-0.1, -0.05) is 44.2 Å². The van der Waals surface area contributed by atoms with Gasteiger partial charge in [0.25, 0.3) is 0 Å². The van der Waals surface area contributed by atoms with Gasteiger partial charge in [0.15, 0.2) is 5.78 Å². The minimum Gasteiger partial charge on any atom is -0.336 e. The van der Waals surface area contributed by atoms with Crippen LogP contribution in [0.4, 0.5) is 22.0 Å². The predicted octanol–water partition coefficient (Wildman–Crippen LogP) is 5.37. The van der Waals surface area contributed by atoms with Gasteiger partial charge in [-0.05, 0) is 43.7 Å². The van der Waals surface area contributed by atoms with Crippen LogP contribution in [-0.4, -0.2) is 40.4 Å². The summed E-state index contributed by atoms with van der Waals surface area (Å²) in [5.74, 6) is -6.42. The van der Waals surface area contributed by atoms with Crippen molar-refractivity contribution in [2.75, 3.05) is 0 Å². The van der Waals surface area contributed by atoms with E-state index in [-0.39, 0.29) is 18.1 Å². The smallest absolute Gasteiger partial charge is 0.336 e. The Morgan fingerprint density at radius 1 is 1.08 bits per heavy atom. The predicted molar refractivity (Wildman–Crippen MR) is 126 cm³/mol. The molecule has 3 rings (SSSR count). The lowest BCUT2D eigenvalue weighted by atomic mass is 9.96. The van der Waals surface area contributed by atoms with Crippen molar-refractivity contribution >= 4 is 11.7 Å². The first-order valence-electron chi connectivity index (χ1n) is 11.7. The van der Waals surface area contributed by atoms with Gasteiger partial charge >= 0.3 is 12.1 Å². The first-order chi connectivity index (χ1) is 17.2. The highest BCUT2D eigenvalue weighted by Crippen LogP contribution is 2.45. The fourth-order valence-corrected chi connectivity index (χ4v) is 3.83. The van der Waals surface area contributed by atoms with Gasteiger partial charge in [0.2, 0.25) is 5.91 Å². The van der Waals surface area contributed by atoms with Gasteiger partial charge in [-0.3, -0.25) is 19.9 Å². The lowest BCUT2D eigenvalue weighted by molar-refractivity contribution is -0.295. The van der Waals surface area contributed by atoms with Crippen molar-refractivity contribution in [2.45, 2.75) is 69.8 Å². The molecule has 0 radical (unpaired) electrons. The molecular formula is C26H27F5N4O2. The highest BCUT2D eigenvalue weighted by Gasteiger charge is 2.63. The number of halogens is 5. The molecule has 1 aliphatic rings.